The van der Waals surface area contributed by atoms with E-state index in [1.165, 1.54) is 10.2 Å². The van der Waals surface area contributed by atoms with Gasteiger partial charge in [-0.25, -0.2) is 4.68 Å². The van der Waals surface area contributed by atoms with Crippen LogP contribution in [-0.2, 0) is 6.42 Å². The van der Waals surface area contributed by atoms with Gasteiger partial charge in [-0.3, -0.25) is 4.79 Å². The fraction of sp³-hybridized carbons (Fsp3) is 0.474. The molecule has 0 radical (unpaired) electrons. The number of carbonyl (C=O) groups excluding carboxylic acids is 1. The van der Waals surface area contributed by atoms with Crippen LogP contribution in [0.5, 0.6) is 5.75 Å². The summed E-state index contributed by atoms with van der Waals surface area (Å²) in [6, 6.07) is 7.86. The van der Waals surface area contributed by atoms with Crippen LogP contribution in [0.3, 0.4) is 0 Å². The Morgan fingerprint density at radius 2 is 1.96 bits per heavy atom. The van der Waals surface area contributed by atoms with Crippen molar-refractivity contribution < 1.29 is 9.53 Å². The predicted octanol–water partition coefficient (Wildman–Crippen LogP) is 4.30. The van der Waals surface area contributed by atoms with E-state index in [1.807, 2.05) is 38.1 Å². The molecule has 4 nitrogen and oxygen atoms in total. The first-order chi connectivity index (χ1) is 11.0. The van der Waals surface area contributed by atoms with Gasteiger partial charge in [0.05, 0.1) is 5.69 Å². The maximum absolute atomic E-state index is 12.5. The summed E-state index contributed by atoms with van der Waals surface area (Å²) in [5.74, 6) is 0.990. The van der Waals surface area contributed by atoms with Crippen molar-refractivity contribution in [2.45, 2.75) is 53.4 Å². The molecule has 0 N–H and O–H groups in total. The third-order valence-corrected chi connectivity index (χ3v) is 4.07. The van der Waals surface area contributed by atoms with Crippen LogP contribution in [0.15, 0.2) is 24.3 Å². The van der Waals surface area contributed by atoms with Gasteiger partial charge in [0.25, 0.3) is 5.91 Å². The summed E-state index contributed by atoms with van der Waals surface area (Å²) in [6.07, 6.45) is 1.99. The van der Waals surface area contributed by atoms with Crippen molar-refractivity contribution in [3.63, 3.8) is 0 Å². The second-order valence-electron chi connectivity index (χ2n) is 6.19. The topological polar surface area (TPSA) is 44.1 Å². The molecule has 0 saturated heterocycles. The van der Waals surface area contributed by atoms with Gasteiger partial charge in [-0.2, -0.15) is 5.10 Å². The van der Waals surface area contributed by atoms with Crippen LogP contribution in [-0.4, -0.2) is 22.3 Å². The highest BCUT2D eigenvalue weighted by atomic mass is 16.5. The van der Waals surface area contributed by atoms with Crippen LogP contribution in [0.1, 0.15) is 60.4 Å². The Kier molecular flexibility index (Phi) is 5.59. The van der Waals surface area contributed by atoms with Gasteiger partial charge in [-0.1, -0.05) is 45.4 Å². The molecule has 1 aromatic heterocycles. The summed E-state index contributed by atoms with van der Waals surface area (Å²) < 4.78 is 7.25. The molecule has 0 aliphatic carbocycles. The second kappa shape index (κ2) is 7.44. The number of aromatic nitrogens is 2. The summed E-state index contributed by atoms with van der Waals surface area (Å²) in [5.41, 5.74) is 4.14. The standard InChI is InChI=1S/C19H26N2O2/c1-6-9-17-14(4)20-21(15(17)5)19(22)12-23-18-11-8-7-10-16(18)13(2)3/h7-8,10-11,13H,6,9,12H2,1-5H3. The van der Waals surface area contributed by atoms with Crippen molar-refractivity contribution in [1.82, 2.24) is 9.78 Å². The van der Waals surface area contributed by atoms with Crippen LogP contribution in [0.2, 0.25) is 0 Å². The van der Waals surface area contributed by atoms with Crippen LogP contribution < -0.4 is 4.74 Å². The fourth-order valence-corrected chi connectivity index (χ4v) is 2.82. The smallest absolute Gasteiger partial charge is 0.284 e. The van der Waals surface area contributed by atoms with Gasteiger partial charge in [0.2, 0.25) is 0 Å². The average Bonchev–Trinajstić information content (AvgIpc) is 2.81. The second-order valence-corrected chi connectivity index (χ2v) is 6.19. The largest absolute Gasteiger partial charge is 0.483 e. The highest BCUT2D eigenvalue weighted by Crippen LogP contribution is 2.25. The van der Waals surface area contributed by atoms with Crippen molar-refractivity contribution in [1.29, 1.82) is 0 Å². The van der Waals surface area contributed by atoms with Gasteiger partial charge in [-0.15, -0.1) is 0 Å². The number of aryl methyl sites for hydroxylation is 1. The molecule has 1 aromatic carbocycles. The Morgan fingerprint density at radius 1 is 1.26 bits per heavy atom. The van der Waals surface area contributed by atoms with E-state index in [1.54, 1.807) is 0 Å². The quantitative estimate of drug-likeness (QED) is 0.798. The Labute approximate surface area is 138 Å². The molecule has 0 spiro atoms. The predicted molar refractivity (Wildman–Crippen MR) is 92.3 cm³/mol. The molecule has 2 aromatic rings. The molecule has 4 heteroatoms. The zero-order valence-electron chi connectivity index (χ0n) is 14.7. The SMILES string of the molecule is CCCc1c(C)nn(C(=O)COc2ccccc2C(C)C)c1C. The van der Waals surface area contributed by atoms with Crippen molar-refractivity contribution >= 4 is 5.91 Å². The lowest BCUT2D eigenvalue weighted by Crippen LogP contribution is -2.22. The summed E-state index contributed by atoms with van der Waals surface area (Å²) >= 11 is 0. The third-order valence-electron chi connectivity index (χ3n) is 4.07. The van der Waals surface area contributed by atoms with E-state index in [9.17, 15) is 4.79 Å². The van der Waals surface area contributed by atoms with E-state index in [4.69, 9.17) is 4.74 Å². The van der Waals surface area contributed by atoms with Crippen molar-refractivity contribution in [3.8, 4) is 5.75 Å². The third kappa shape index (κ3) is 3.81. The van der Waals surface area contributed by atoms with Crippen molar-refractivity contribution in [2.75, 3.05) is 6.61 Å². The Balaban J connectivity index is 2.13. The lowest BCUT2D eigenvalue weighted by atomic mass is 10.0. The van der Waals surface area contributed by atoms with Crippen LogP contribution in [0.25, 0.3) is 0 Å². The number of carbonyl (C=O) groups is 1. The summed E-state index contributed by atoms with van der Waals surface area (Å²) in [7, 11) is 0. The first kappa shape index (κ1) is 17.3. The minimum Gasteiger partial charge on any atom is -0.483 e. The molecule has 2 rings (SSSR count). The molecule has 0 aliphatic rings. The van der Waals surface area contributed by atoms with E-state index in [-0.39, 0.29) is 12.5 Å². The molecule has 0 bridgehead atoms. The van der Waals surface area contributed by atoms with E-state index in [2.05, 4.69) is 25.9 Å². The van der Waals surface area contributed by atoms with E-state index >= 15 is 0 Å². The maximum Gasteiger partial charge on any atom is 0.284 e. The molecular weight excluding hydrogens is 288 g/mol. The molecule has 0 aliphatic heterocycles. The number of hydrogen-bond donors (Lipinski definition) is 0. The van der Waals surface area contributed by atoms with E-state index in [0.717, 1.165) is 35.5 Å². The molecule has 0 fully saturated rings. The number of ether oxygens (including phenoxy) is 1. The summed E-state index contributed by atoms with van der Waals surface area (Å²) in [6.45, 7) is 10.3. The zero-order chi connectivity index (χ0) is 17.0. The highest BCUT2D eigenvalue weighted by Gasteiger charge is 2.17. The lowest BCUT2D eigenvalue weighted by Gasteiger charge is -2.13. The van der Waals surface area contributed by atoms with Crippen molar-refractivity contribution in [2.24, 2.45) is 0 Å². The first-order valence-corrected chi connectivity index (χ1v) is 8.25. The monoisotopic (exact) mass is 314 g/mol. The Bertz CT molecular complexity index is 687. The average molecular weight is 314 g/mol. The molecule has 1 heterocycles. The van der Waals surface area contributed by atoms with Gasteiger partial charge < -0.3 is 4.74 Å². The maximum atomic E-state index is 12.5. The van der Waals surface area contributed by atoms with Gasteiger partial charge in [0.15, 0.2) is 6.61 Å². The van der Waals surface area contributed by atoms with E-state index in [0.29, 0.717) is 5.92 Å². The van der Waals surface area contributed by atoms with Crippen LogP contribution >= 0.6 is 0 Å². The molecule has 0 unspecified atom stereocenters. The molecular formula is C19H26N2O2. The number of hydrogen-bond acceptors (Lipinski definition) is 3. The number of para-hydroxylation sites is 1. The normalized spacial score (nSPS) is 11.0. The minimum absolute atomic E-state index is 0.00272. The summed E-state index contributed by atoms with van der Waals surface area (Å²) in [5, 5.41) is 4.39. The van der Waals surface area contributed by atoms with Gasteiger partial charge in [0.1, 0.15) is 5.75 Å². The Hall–Kier alpha value is -2.10. The van der Waals surface area contributed by atoms with E-state index < -0.39 is 0 Å². The summed E-state index contributed by atoms with van der Waals surface area (Å²) in [4.78, 5) is 12.5. The highest BCUT2D eigenvalue weighted by molar-refractivity contribution is 5.80. The lowest BCUT2D eigenvalue weighted by molar-refractivity contribution is 0.0817. The fourth-order valence-electron chi connectivity index (χ4n) is 2.82. The Morgan fingerprint density at radius 3 is 2.61 bits per heavy atom. The van der Waals surface area contributed by atoms with Crippen molar-refractivity contribution in [3.05, 3.63) is 46.8 Å². The van der Waals surface area contributed by atoms with Crippen LogP contribution in [0, 0.1) is 13.8 Å². The van der Waals surface area contributed by atoms with Crippen LogP contribution in [0.4, 0.5) is 0 Å². The molecule has 0 amide bonds. The van der Waals surface area contributed by atoms with Gasteiger partial charge in [0, 0.05) is 5.69 Å². The number of rotatable bonds is 6. The first-order valence-electron chi connectivity index (χ1n) is 8.25. The molecule has 0 saturated carbocycles. The number of nitrogens with zero attached hydrogens (tertiary/aromatic N) is 2. The molecule has 23 heavy (non-hydrogen) atoms. The number of benzene rings is 1. The van der Waals surface area contributed by atoms with Gasteiger partial charge >= 0.3 is 0 Å². The van der Waals surface area contributed by atoms with Gasteiger partial charge in [-0.05, 0) is 43.4 Å². The zero-order valence-corrected chi connectivity index (χ0v) is 14.7. The molecule has 124 valence electrons. The minimum atomic E-state index is -0.133. The molecule has 0 atom stereocenters.